The zero-order valence-corrected chi connectivity index (χ0v) is 7.37. The largest absolute Gasteiger partial charge is 0.493 e. The Morgan fingerprint density at radius 3 is 2.79 bits per heavy atom. The maximum atomic E-state index is 13.1. The van der Waals surface area contributed by atoms with Crippen molar-refractivity contribution in [3.05, 3.63) is 39.8 Å². The van der Waals surface area contributed by atoms with Gasteiger partial charge in [-0.15, -0.1) is 0 Å². The number of azide groups is 1. The molecule has 0 amide bonds. The van der Waals surface area contributed by atoms with E-state index in [9.17, 15) is 8.78 Å². The summed E-state index contributed by atoms with van der Waals surface area (Å²) >= 11 is 0. The quantitative estimate of drug-likeness (QED) is 0.419. The third kappa shape index (κ3) is 1.92. The average Bonchev–Trinajstić information content (AvgIpc) is 2.20. The molecular formula is C8H7F2N3O. The first-order valence-corrected chi connectivity index (χ1v) is 3.72. The number of nitrogens with zero attached hydrogens (tertiary/aromatic N) is 3. The van der Waals surface area contributed by atoms with Gasteiger partial charge in [0.25, 0.3) is 0 Å². The fourth-order valence-electron chi connectivity index (χ4n) is 1.03. The fourth-order valence-corrected chi connectivity index (χ4v) is 1.03. The summed E-state index contributed by atoms with van der Waals surface area (Å²) in [4.78, 5) is 2.51. The number of benzene rings is 1. The van der Waals surface area contributed by atoms with Crippen LogP contribution in [0.1, 0.15) is 5.56 Å². The van der Waals surface area contributed by atoms with Crippen molar-refractivity contribution in [2.24, 2.45) is 5.11 Å². The van der Waals surface area contributed by atoms with Crippen molar-refractivity contribution in [1.29, 1.82) is 0 Å². The number of hydrogen-bond donors (Lipinski definition) is 0. The Morgan fingerprint density at radius 1 is 1.50 bits per heavy atom. The van der Waals surface area contributed by atoms with Crippen molar-refractivity contribution in [2.75, 3.05) is 7.11 Å². The molecule has 6 heteroatoms. The topological polar surface area (TPSA) is 58.0 Å². The Labute approximate surface area is 78.7 Å². The van der Waals surface area contributed by atoms with E-state index in [1.807, 2.05) is 0 Å². The van der Waals surface area contributed by atoms with Crippen LogP contribution in [0.3, 0.4) is 0 Å². The highest BCUT2D eigenvalue weighted by Crippen LogP contribution is 2.25. The van der Waals surface area contributed by atoms with Crippen LogP contribution in [-0.2, 0) is 6.54 Å². The van der Waals surface area contributed by atoms with Gasteiger partial charge < -0.3 is 4.74 Å². The van der Waals surface area contributed by atoms with Crippen LogP contribution in [-0.4, -0.2) is 7.11 Å². The van der Waals surface area contributed by atoms with Gasteiger partial charge in [0, 0.05) is 10.5 Å². The summed E-state index contributed by atoms with van der Waals surface area (Å²) in [6.45, 7) is -0.0725. The molecule has 0 aliphatic heterocycles. The van der Waals surface area contributed by atoms with Crippen LogP contribution in [0.25, 0.3) is 10.4 Å². The second kappa shape index (κ2) is 4.43. The van der Waals surface area contributed by atoms with Gasteiger partial charge in [0.2, 0.25) is 5.82 Å². The highest BCUT2D eigenvalue weighted by molar-refractivity contribution is 5.35. The van der Waals surface area contributed by atoms with Crippen molar-refractivity contribution in [3.8, 4) is 5.75 Å². The molecule has 0 aliphatic carbocycles. The van der Waals surface area contributed by atoms with Crippen LogP contribution in [0.2, 0.25) is 0 Å². The minimum atomic E-state index is -1.07. The van der Waals surface area contributed by atoms with Gasteiger partial charge in [0.15, 0.2) is 11.6 Å². The molecule has 4 nitrogen and oxygen atoms in total. The molecular weight excluding hydrogens is 192 g/mol. The summed E-state index contributed by atoms with van der Waals surface area (Å²) < 4.78 is 30.4. The Hall–Kier alpha value is -1.81. The second-order valence-electron chi connectivity index (χ2n) is 2.44. The Bertz CT molecular complexity index is 388. The smallest absolute Gasteiger partial charge is 0.200 e. The molecule has 0 fully saturated rings. The van der Waals surface area contributed by atoms with Crippen LogP contribution in [0.4, 0.5) is 8.78 Å². The lowest BCUT2D eigenvalue weighted by Crippen LogP contribution is -1.97. The van der Waals surface area contributed by atoms with Crippen molar-refractivity contribution >= 4 is 0 Å². The molecule has 0 N–H and O–H groups in total. The van der Waals surface area contributed by atoms with Crippen LogP contribution < -0.4 is 4.74 Å². The third-order valence-electron chi connectivity index (χ3n) is 1.64. The number of ether oxygens (including phenoxy) is 1. The zero-order valence-electron chi connectivity index (χ0n) is 7.37. The van der Waals surface area contributed by atoms with Gasteiger partial charge in [-0.3, -0.25) is 0 Å². The molecule has 1 aromatic rings. The molecule has 1 aromatic carbocycles. The average molecular weight is 199 g/mol. The van der Waals surface area contributed by atoms with E-state index in [-0.39, 0.29) is 12.3 Å². The van der Waals surface area contributed by atoms with Gasteiger partial charge in [0.05, 0.1) is 13.7 Å². The van der Waals surface area contributed by atoms with Gasteiger partial charge in [-0.1, -0.05) is 11.2 Å². The standard InChI is InChI=1S/C8H7F2N3O/c1-14-8-5(4-12-13-11)2-3-6(9)7(8)10/h2-3H,4H2,1H3. The molecule has 1 rings (SSSR count). The molecule has 0 radical (unpaired) electrons. The minimum Gasteiger partial charge on any atom is -0.493 e. The molecule has 0 unspecified atom stereocenters. The molecule has 0 saturated carbocycles. The molecule has 0 aliphatic rings. The lowest BCUT2D eigenvalue weighted by molar-refractivity contribution is 0.367. The van der Waals surface area contributed by atoms with Crippen LogP contribution >= 0.6 is 0 Å². The van der Waals surface area contributed by atoms with E-state index in [1.54, 1.807) is 0 Å². The van der Waals surface area contributed by atoms with E-state index < -0.39 is 11.6 Å². The summed E-state index contributed by atoms with van der Waals surface area (Å²) in [5, 5.41) is 3.23. The molecule has 74 valence electrons. The first-order chi connectivity index (χ1) is 6.70. The lowest BCUT2D eigenvalue weighted by Gasteiger charge is -2.07. The summed E-state index contributed by atoms with van der Waals surface area (Å²) in [5.41, 5.74) is 8.37. The van der Waals surface area contributed by atoms with E-state index in [1.165, 1.54) is 13.2 Å². The second-order valence-corrected chi connectivity index (χ2v) is 2.44. The molecule has 0 spiro atoms. The van der Waals surface area contributed by atoms with Crippen molar-refractivity contribution in [3.63, 3.8) is 0 Å². The third-order valence-corrected chi connectivity index (χ3v) is 1.64. The van der Waals surface area contributed by atoms with Crippen LogP contribution in [0.15, 0.2) is 17.2 Å². The van der Waals surface area contributed by atoms with Gasteiger partial charge in [-0.25, -0.2) is 4.39 Å². The minimum absolute atomic E-state index is 0.0725. The monoisotopic (exact) mass is 199 g/mol. The lowest BCUT2D eigenvalue weighted by atomic mass is 10.2. The Morgan fingerprint density at radius 2 is 2.21 bits per heavy atom. The highest BCUT2D eigenvalue weighted by Gasteiger charge is 2.12. The summed E-state index contributed by atoms with van der Waals surface area (Å²) in [7, 11) is 1.22. The van der Waals surface area contributed by atoms with Crippen molar-refractivity contribution < 1.29 is 13.5 Å². The number of halogens is 2. The van der Waals surface area contributed by atoms with Crippen molar-refractivity contribution in [2.45, 2.75) is 6.54 Å². The molecule has 0 heterocycles. The van der Waals surface area contributed by atoms with E-state index in [0.29, 0.717) is 5.56 Å². The van der Waals surface area contributed by atoms with E-state index in [2.05, 4.69) is 14.8 Å². The fraction of sp³-hybridized carbons (Fsp3) is 0.250. The number of hydrogen-bond acceptors (Lipinski definition) is 2. The predicted molar refractivity (Wildman–Crippen MR) is 45.8 cm³/mol. The molecule has 0 aromatic heterocycles. The molecule has 0 atom stereocenters. The molecule has 0 saturated heterocycles. The van der Waals surface area contributed by atoms with Gasteiger partial charge in [-0.2, -0.15) is 4.39 Å². The maximum absolute atomic E-state index is 13.1. The summed E-state index contributed by atoms with van der Waals surface area (Å²) in [6, 6.07) is 2.27. The van der Waals surface area contributed by atoms with Gasteiger partial charge in [0.1, 0.15) is 0 Å². The Kier molecular flexibility index (Phi) is 3.25. The zero-order chi connectivity index (χ0) is 10.6. The summed E-state index contributed by atoms with van der Waals surface area (Å²) in [5.74, 6) is -2.29. The number of rotatable bonds is 3. The molecule has 0 bridgehead atoms. The van der Waals surface area contributed by atoms with Crippen LogP contribution in [0, 0.1) is 11.6 Å². The van der Waals surface area contributed by atoms with E-state index >= 15 is 0 Å². The first kappa shape index (κ1) is 10.3. The van der Waals surface area contributed by atoms with Crippen LogP contribution in [0.5, 0.6) is 5.75 Å². The van der Waals surface area contributed by atoms with E-state index in [4.69, 9.17) is 5.53 Å². The normalized spacial score (nSPS) is 9.36. The number of methoxy groups -OCH3 is 1. The molecule has 14 heavy (non-hydrogen) atoms. The highest BCUT2D eigenvalue weighted by atomic mass is 19.2. The van der Waals surface area contributed by atoms with E-state index in [0.717, 1.165) is 6.07 Å². The van der Waals surface area contributed by atoms with Gasteiger partial charge >= 0.3 is 0 Å². The summed E-state index contributed by atoms with van der Waals surface area (Å²) in [6.07, 6.45) is 0. The van der Waals surface area contributed by atoms with Gasteiger partial charge in [-0.05, 0) is 11.6 Å². The maximum Gasteiger partial charge on any atom is 0.200 e. The first-order valence-electron chi connectivity index (χ1n) is 3.72. The SMILES string of the molecule is COc1c(CN=[N+]=[N-])ccc(F)c1F. The Balaban J connectivity index is 3.16. The van der Waals surface area contributed by atoms with Crippen molar-refractivity contribution in [1.82, 2.24) is 0 Å². The predicted octanol–water partition coefficient (Wildman–Crippen LogP) is 2.78.